The highest BCUT2D eigenvalue weighted by atomic mass is 16.5. The lowest BCUT2D eigenvalue weighted by Gasteiger charge is -2.35. The number of ether oxygens (including phenoxy) is 1. The first-order valence-electron chi connectivity index (χ1n) is 7.61. The molecule has 21 heavy (non-hydrogen) atoms. The van der Waals surface area contributed by atoms with Crippen molar-refractivity contribution in [2.24, 2.45) is 11.8 Å². The Kier molecular flexibility index (Phi) is 5.67. The highest BCUT2D eigenvalue weighted by Crippen LogP contribution is 2.25. The normalized spacial score (nSPS) is 22.5. The molecule has 0 radical (unpaired) electrons. The minimum Gasteiger partial charge on any atom is -0.497 e. The van der Waals surface area contributed by atoms with Crippen LogP contribution in [0.4, 0.5) is 0 Å². The zero-order chi connectivity index (χ0) is 15.2. The SMILES string of the molecule is COc1ccc(C#CCO)c(CN2CC(C)CC(C)C2)c1. The van der Waals surface area contributed by atoms with E-state index in [1.807, 2.05) is 12.1 Å². The van der Waals surface area contributed by atoms with E-state index in [-0.39, 0.29) is 6.61 Å². The summed E-state index contributed by atoms with van der Waals surface area (Å²) in [5, 5.41) is 8.90. The zero-order valence-corrected chi connectivity index (χ0v) is 13.2. The van der Waals surface area contributed by atoms with Gasteiger partial charge in [0.15, 0.2) is 0 Å². The van der Waals surface area contributed by atoms with Crippen LogP contribution < -0.4 is 4.74 Å². The van der Waals surface area contributed by atoms with E-state index in [0.29, 0.717) is 0 Å². The van der Waals surface area contributed by atoms with Gasteiger partial charge in [0.1, 0.15) is 12.4 Å². The first-order valence-corrected chi connectivity index (χ1v) is 7.61. The molecule has 2 atom stereocenters. The average molecular weight is 287 g/mol. The minimum atomic E-state index is -0.108. The number of benzene rings is 1. The van der Waals surface area contributed by atoms with Gasteiger partial charge in [0, 0.05) is 25.2 Å². The second-order valence-electron chi connectivity index (χ2n) is 6.12. The van der Waals surface area contributed by atoms with E-state index in [1.165, 1.54) is 12.0 Å². The van der Waals surface area contributed by atoms with Gasteiger partial charge in [-0.15, -0.1) is 0 Å². The van der Waals surface area contributed by atoms with E-state index in [0.717, 1.165) is 42.8 Å². The largest absolute Gasteiger partial charge is 0.497 e. The molecule has 0 bridgehead atoms. The number of hydrogen-bond donors (Lipinski definition) is 1. The number of piperidine rings is 1. The summed E-state index contributed by atoms with van der Waals surface area (Å²) in [4.78, 5) is 2.50. The van der Waals surface area contributed by atoms with Gasteiger partial charge in [-0.3, -0.25) is 4.90 Å². The van der Waals surface area contributed by atoms with Crippen molar-refractivity contribution in [3.63, 3.8) is 0 Å². The number of likely N-dealkylation sites (tertiary alicyclic amines) is 1. The third kappa shape index (κ3) is 4.49. The highest BCUT2D eigenvalue weighted by Gasteiger charge is 2.22. The Balaban J connectivity index is 2.20. The van der Waals surface area contributed by atoms with E-state index in [2.05, 4.69) is 36.7 Å². The fourth-order valence-electron chi connectivity index (χ4n) is 3.25. The van der Waals surface area contributed by atoms with Crippen LogP contribution in [0.2, 0.25) is 0 Å². The molecule has 0 aromatic heterocycles. The van der Waals surface area contributed by atoms with Crippen molar-refractivity contribution in [1.29, 1.82) is 0 Å². The molecule has 1 aliphatic rings. The quantitative estimate of drug-likeness (QED) is 0.867. The maximum absolute atomic E-state index is 8.90. The van der Waals surface area contributed by atoms with Crippen molar-refractivity contribution in [1.82, 2.24) is 4.90 Å². The monoisotopic (exact) mass is 287 g/mol. The molecular weight excluding hydrogens is 262 g/mol. The molecule has 1 fully saturated rings. The lowest BCUT2D eigenvalue weighted by Crippen LogP contribution is -2.38. The third-order valence-electron chi connectivity index (χ3n) is 3.95. The Bertz CT molecular complexity index is 520. The molecule has 3 nitrogen and oxygen atoms in total. The van der Waals surface area contributed by atoms with Gasteiger partial charge in [0.05, 0.1) is 7.11 Å². The van der Waals surface area contributed by atoms with Crippen LogP contribution in [-0.4, -0.2) is 36.8 Å². The molecule has 2 unspecified atom stereocenters. The standard InChI is InChI=1S/C18H25NO2/c1-14-9-15(2)12-19(11-14)13-17-10-18(21-3)7-6-16(17)5-4-8-20/h6-7,10,14-15,20H,8-9,11-13H2,1-3H3. The lowest BCUT2D eigenvalue weighted by molar-refractivity contribution is 0.134. The molecule has 0 spiro atoms. The molecular formula is C18H25NO2. The molecule has 1 heterocycles. The second-order valence-corrected chi connectivity index (χ2v) is 6.12. The van der Waals surface area contributed by atoms with Gasteiger partial charge in [-0.2, -0.15) is 0 Å². The molecule has 1 aliphatic heterocycles. The van der Waals surface area contributed by atoms with E-state index in [9.17, 15) is 0 Å². The van der Waals surface area contributed by atoms with Gasteiger partial charge in [-0.25, -0.2) is 0 Å². The Labute approximate surface area is 127 Å². The van der Waals surface area contributed by atoms with Crippen molar-refractivity contribution >= 4 is 0 Å². The molecule has 1 aromatic rings. The third-order valence-corrected chi connectivity index (χ3v) is 3.95. The van der Waals surface area contributed by atoms with Crippen LogP contribution in [0.1, 0.15) is 31.4 Å². The summed E-state index contributed by atoms with van der Waals surface area (Å²) in [6.45, 7) is 7.69. The fourth-order valence-corrected chi connectivity index (χ4v) is 3.25. The number of aliphatic hydroxyl groups excluding tert-OH is 1. The molecule has 0 saturated carbocycles. The van der Waals surface area contributed by atoms with E-state index < -0.39 is 0 Å². The number of hydrogen-bond acceptors (Lipinski definition) is 3. The van der Waals surface area contributed by atoms with Crippen molar-refractivity contribution < 1.29 is 9.84 Å². The molecule has 1 aromatic carbocycles. The number of aliphatic hydroxyl groups is 1. The topological polar surface area (TPSA) is 32.7 Å². The zero-order valence-electron chi connectivity index (χ0n) is 13.2. The first-order chi connectivity index (χ1) is 10.1. The minimum absolute atomic E-state index is 0.108. The van der Waals surface area contributed by atoms with Crippen molar-refractivity contribution in [2.45, 2.75) is 26.8 Å². The van der Waals surface area contributed by atoms with Gasteiger partial charge in [-0.05, 0) is 42.0 Å². The average Bonchev–Trinajstić information content (AvgIpc) is 2.44. The van der Waals surface area contributed by atoms with Gasteiger partial charge in [0.25, 0.3) is 0 Å². The van der Waals surface area contributed by atoms with Crippen molar-refractivity contribution in [3.05, 3.63) is 29.3 Å². The van der Waals surface area contributed by atoms with Crippen LogP contribution in [0, 0.1) is 23.7 Å². The summed E-state index contributed by atoms with van der Waals surface area (Å²) in [6.07, 6.45) is 1.31. The van der Waals surface area contributed by atoms with Crippen molar-refractivity contribution in [3.8, 4) is 17.6 Å². The maximum atomic E-state index is 8.90. The summed E-state index contributed by atoms with van der Waals surface area (Å²) in [5.74, 6) is 8.13. The molecule has 1 saturated heterocycles. The van der Waals surface area contributed by atoms with Gasteiger partial charge in [0.2, 0.25) is 0 Å². The summed E-state index contributed by atoms with van der Waals surface area (Å²) >= 11 is 0. The lowest BCUT2D eigenvalue weighted by atomic mass is 9.91. The molecule has 114 valence electrons. The van der Waals surface area contributed by atoms with Crippen LogP contribution in [0.5, 0.6) is 5.75 Å². The molecule has 0 aliphatic carbocycles. The van der Waals surface area contributed by atoms with Crippen LogP contribution in [0.25, 0.3) is 0 Å². The predicted octanol–water partition coefficient (Wildman–Crippen LogP) is 2.52. The summed E-state index contributed by atoms with van der Waals surface area (Å²) in [6, 6.07) is 5.96. The maximum Gasteiger partial charge on any atom is 0.119 e. The van der Waals surface area contributed by atoms with Gasteiger partial charge < -0.3 is 9.84 Å². The number of rotatable bonds is 3. The van der Waals surface area contributed by atoms with E-state index >= 15 is 0 Å². The molecule has 0 amide bonds. The number of nitrogens with zero attached hydrogens (tertiary/aromatic N) is 1. The molecule has 2 rings (SSSR count). The molecule has 1 N–H and O–H groups in total. The Hall–Kier alpha value is -1.50. The number of methoxy groups -OCH3 is 1. The van der Waals surface area contributed by atoms with Gasteiger partial charge >= 0.3 is 0 Å². The first kappa shape index (κ1) is 15.9. The Morgan fingerprint density at radius 1 is 1.29 bits per heavy atom. The van der Waals surface area contributed by atoms with Crippen LogP contribution in [0.15, 0.2) is 18.2 Å². The molecule has 3 heteroatoms. The second kappa shape index (κ2) is 7.49. The Morgan fingerprint density at radius 3 is 2.62 bits per heavy atom. The van der Waals surface area contributed by atoms with Crippen LogP contribution >= 0.6 is 0 Å². The van der Waals surface area contributed by atoms with Gasteiger partial charge in [-0.1, -0.05) is 25.7 Å². The predicted molar refractivity (Wildman–Crippen MR) is 85.2 cm³/mol. The van der Waals surface area contributed by atoms with Crippen LogP contribution in [-0.2, 0) is 6.54 Å². The summed E-state index contributed by atoms with van der Waals surface area (Å²) in [5.41, 5.74) is 2.16. The highest BCUT2D eigenvalue weighted by molar-refractivity contribution is 5.45. The van der Waals surface area contributed by atoms with Crippen molar-refractivity contribution in [2.75, 3.05) is 26.8 Å². The smallest absolute Gasteiger partial charge is 0.119 e. The summed E-state index contributed by atoms with van der Waals surface area (Å²) < 4.78 is 5.33. The fraction of sp³-hybridized carbons (Fsp3) is 0.556. The summed E-state index contributed by atoms with van der Waals surface area (Å²) in [7, 11) is 1.68. The van der Waals surface area contributed by atoms with Crippen LogP contribution in [0.3, 0.4) is 0 Å². The Morgan fingerprint density at radius 2 is 2.00 bits per heavy atom. The van der Waals surface area contributed by atoms with E-state index in [4.69, 9.17) is 9.84 Å². The van der Waals surface area contributed by atoms with E-state index in [1.54, 1.807) is 7.11 Å².